The first-order valence-corrected chi connectivity index (χ1v) is 4.59. The van der Waals surface area contributed by atoms with E-state index in [2.05, 4.69) is 26.0 Å². The Kier molecular flexibility index (Phi) is 3.44. The van der Waals surface area contributed by atoms with Gasteiger partial charge in [-0.25, -0.2) is 0 Å². The van der Waals surface area contributed by atoms with E-state index in [1.807, 2.05) is 0 Å². The second-order valence-corrected chi connectivity index (χ2v) is 3.49. The Morgan fingerprint density at radius 2 is 2.25 bits per heavy atom. The molecule has 0 radical (unpaired) electrons. The number of halogens is 1. The maximum atomic E-state index is 10.9. The summed E-state index contributed by atoms with van der Waals surface area (Å²) in [4.78, 5) is 23.2. The van der Waals surface area contributed by atoms with Crippen LogP contribution in [0.15, 0.2) is 21.7 Å². The number of nitrogens with two attached hydrogens (primary N) is 1. The minimum absolute atomic E-state index is 0.0459. The van der Waals surface area contributed by atoms with Gasteiger partial charge in [-0.1, -0.05) is 21.0 Å². The summed E-state index contributed by atoms with van der Waals surface area (Å²) in [5, 5.41) is 13.8. The van der Waals surface area contributed by atoms with E-state index >= 15 is 0 Å². The number of carbonyl (C=O) groups excluding carboxylic acids is 1. The number of nitrogens with zero attached hydrogens (tertiary/aromatic N) is 4. The molecule has 9 heteroatoms. The van der Waals surface area contributed by atoms with Crippen LogP contribution in [-0.4, -0.2) is 10.8 Å². The van der Waals surface area contributed by atoms with E-state index in [1.54, 1.807) is 0 Å². The number of benzene rings is 1. The maximum Gasteiger partial charge on any atom is 0.280 e. The van der Waals surface area contributed by atoms with Gasteiger partial charge in [-0.2, -0.15) is 0 Å². The highest BCUT2D eigenvalue weighted by atomic mass is 79.9. The third-order valence-electron chi connectivity index (χ3n) is 1.67. The van der Waals surface area contributed by atoms with Gasteiger partial charge in [-0.3, -0.25) is 14.9 Å². The molecule has 0 saturated heterocycles. The highest BCUT2D eigenvalue weighted by Crippen LogP contribution is 2.36. The van der Waals surface area contributed by atoms with Crippen molar-refractivity contribution in [2.24, 2.45) is 10.8 Å². The maximum absolute atomic E-state index is 10.9. The lowest BCUT2D eigenvalue weighted by atomic mass is 10.1. The van der Waals surface area contributed by atoms with Crippen molar-refractivity contribution < 1.29 is 9.72 Å². The average molecular weight is 286 g/mol. The van der Waals surface area contributed by atoms with Gasteiger partial charge in [-0.05, 0) is 11.6 Å². The summed E-state index contributed by atoms with van der Waals surface area (Å²) >= 11 is 2.96. The van der Waals surface area contributed by atoms with Crippen molar-refractivity contribution in [2.45, 2.75) is 0 Å². The molecule has 1 rings (SSSR count). The molecule has 1 aromatic carbocycles. The quantitative estimate of drug-likeness (QED) is 0.300. The van der Waals surface area contributed by atoms with Crippen LogP contribution in [0.4, 0.5) is 11.4 Å². The highest BCUT2D eigenvalue weighted by molar-refractivity contribution is 9.10. The largest absolute Gasteiger partial charge is 0.366 e. The number of primary amides is 1. The molecule has 0 aliphatic rings. The summed E-state index contributed by atoms with van der Waals surface area (Å²) in [7, 11) is 0. The van der Waals surface area contributed by atoms with Crippen LogP contribution in [0.25, 0.3) is 10.4 Å². The number of hydrogen-bond donors (Lipinski definition) is 1. The Morgan fingerprint density at radius 3 is 2.69 bits per heavy atom. The summed E-state index contributed by atoms with van der Waals surface area (Å²) in [6, 6.07) is 2.20. The first-order chi connectivity index (χ1) is 7.47. The molecule has 0 heterocycles. The van der Waals surface area contributed by atoms with Crippen molar-refractivity contribution in [3.63, 3.8) is 0 Å². The van der Waals surface area contributed by atoms with Crippen molar-refractivity contribution in [1.82, 2.24) is 0 Å². The molecule has 2 N–H and O–H groups in total. The Hall–Kier alpha value is -2.12. The smallest absolute Gasteiger partial charge is 0.280 e. The minimum Gasteiger partial charge on any atom is -0.366 e. The van der Waals surface area contributed by atoms with Crippen LogP contribution in [0, 0.1) is 10.1 Å². The Bertz CT molecular complexity index is 523. The fourth-order valence-corrected chi connectivity index (χ4v) is 1.54. The molecule has 0 atom stereocenters. The highest BCUT2D eigenvalue weighted by Gasteiger charge is 2.19. The SMILES string of the molecule is [N-]=[N+]=Nc1c(Br)cc(C(N)=O)cc1[N+](=O)[O-]. The summed E-state index contributed by atoms with van der Waals surface area (Å²) in [5.41, 5.74) is 12.5. The number of hydrogen-bond acceptors (Lipinski definition) is 4. The zero-order chi connectivity index (χ0) is 12.3. The van der Waals surface area contributed by atoms with Gasteiger partial charge >= 0.3 is 0 Å². The predicted octanol–water partition coefficient (Wildman–Crippen LogP) is 2.40. The zero-order valence-electron chi connectivity index (χ0n) is 7.62. The van der Waals surface area contributed by atoms with E-state index in [0.717, 1.165) is 6.07 Å². The Morgan fingerprint density at radius 1 is 1.62 bits per heavy atom. The topological polar surface area (TPSA) is 135 Å². The first-order valence-electron chi connectivity index (χ1n) is 3.80. The second kappa shape index (κ2) is 4.60. The molecule has 8 nitrogen and oxygen atoms in total. The van der Waals surface area contributed by atoms with Crippen LogP contribution in [-0.2, 0) is 0 Å². The Balaban J connectivity index is 3.57. The van der Waals surface area contributed by atoms with Crippen molar-refractivity contribution in [1.29, 1.82) is 0 Å². The van der Waals surface area contributed by atoms with Crippen molar-refractivity contribution in [2.75, 3.05) is 0 Å². The van der Waals surface area contributed by atoms with Crippen LogP contribution >= 0.6 is 15.9 Å². The van der Waals surface area contributed by atoms with Crippen LogP contribution in [0.2, 0.25) is 0 Å². The second-order valence-electron chi connectivity index (χ2n) is 2.64. The van der Waals surface area contributed by atoms with Gasteiger partial charge in [0.05, 0.1) is 4.92 Å². The number of amides is 1. The fourth-order valence-electron chi connectivity index (χ4n) is 1.01. The van der Waals surface area contributed by atoms with Gasteiger partial charge in [0.1, 0.15) is 5.69 Å². The lowest BCUT2D eigenvalue weighted by Crippen LogP contribution is -2.11. The van der Waals surface area contributed by atoms with Gasteiger partial charge < -0.3 is 5.73 Å². The third-order valence-corrected chi connectivity index (χ3v) is 2.27. The van der Waals surface area contributed by atoms with Gasteiger partial charge in [0.25, 0.3) is 5.69 Å². The van der Waals surface area contributed by atoms with Gasteiger partial charge in [-0.15, -0.1) is 0 Å². The number of nitro groups is 1. The standard InChI is InChI=1S/C7H4BrN5O3/c8-4-1-3(7(9)14)2-5(13(15)16)6(4)11-12-10/h1-2H,(H2,9,14). The molecular weight excluding hydrogens is 282 g/mol. The zero-order valence-corrected chi connectivity index (χ0v) is 9.21. The molecular formula is C7H4BrN5O3. The minimum atomic E-state index is -0.809. The molecule has 0 aromatic heterocycles. The molecule has 0 aliphatic carbocycles. The molecule has 0 fully saturated rings. The van der Waals surface area contributed by atoms with E-state index in [4.69, 9.17) is 11.3 Å². The van der Waals surface area contributed by atoms with Crippen LogP contribution in [0.5, 0.6) is 0 Å². The summed E-state index contributed by atoms with van der Waals surface area (Å²) in [6.45, 7) is 0. The molecule has 0 spiro atoms. The molecule has 1 amide bonds. The number of nitro benzene ring substituents is 1. The number of carbonyl (C=O) groups is 1. The molecule has 1 aromatic rings. The molecule has 16 heavy (non-hydrogen) atoms. The Labute approximate surface area is 97.0 Å². The van der Waals surface area contributed by atoms with Crippen LogP contribution in [0.3, 0.4) is 0 Å². The van der Waals surface area contributed by atoms with Gasteiger partial charge in [0.2, 0.25) is 5.91 Å². The third kappa shape index (κ3) is 2.27. The predicted molar refractivity (Wildman–Crippen MR) is 58.1 cm³/mol. The van der Waals surface area contributed by atoms with E-state index in [-0.39, 0.29) is 15.7 Å². The molecule has 0 unspecified atom stereocenters. The summed E-state index contributed by atoms with van der Waals surface area (Å²) < 4.78 is 0.133. The average Bonchev–Trinajstić information content (AvgIpc) is 2.20. The lowest BCUT2D eigenvalue weighted by Gasteiger charge is -2.02. The molecule has 0 bridgehead atoms. The van der Waals surface area contributed by atoms with Gasteiger partial charge in [0.15, 0.2) is 0 Å². The summed E-state index contributed by atoms with van der Waals surface area (Å²) in [6.07, 6.45) is 0. The van der Waals surface area contributed by atoms with Crippen molar-refractivity contribution >= 4 is 33.2 Å². The normalized spacial score (nSPS) is 9.31. The van der Waals surface area contributed by atoms with Crippen LogP contribution in [0.1, 0.15) is 10.4 Å². The van der Waals surface area contributed by atoms with Crippen molar-refractivity contribution in [3.05, 3.63) is 42.7 Å². The molecule has 82 valence electrons. The summed E-state index contributed by atoms with van der Waals surface area (Å²) in [5.74, 6) is -0.809. The number of rotatable bonds is 3. The number of azide groups is 1. The fraction of sp³-hybridized carbons (Fsp3) is 0. The molecule has 0 aliphatic heterocycles. The lowest BCUT2D eigenvalue weighted by molar-refractivity contribution is -0.384. The monoisotopic (exact) mass is 285 g/mol. The van der Waals surface area contributed by atoms with Crippen molar-refractivity contribution in [3.8, 4) is 0 Å². The van der Waals surface area contributed by atoms with E-state index in [9.17, 15) is 14.9 Å². The molecule has 0 saturated carbocycles. The van der Waals surface area contributed by atoms with Gasteiger partial charge in [0, 0.05) is 21.0 Å². The van der Waals surface area contributed by atoms with Crippen LogP contribution < -0.4 is 5.73 Å². The van der Waals surface area contributed by atoms with E-state index in [1.165, 1.54) is 6.07 Å². The van der Waals surface area contributed by atoms with E-state index in [0.29, 0.717) is 0 Å². The first kappa shape index (κ1) is 12.0. The van der Waals surface area contributed by atoms with E-state index < -0.39 is 16.5 Å².